The monoisotopic (exact) mass is 372 g/mol. The zero-order chi connectivity index (χ0) is 18.0. The fourth-order valence-corrected chi connectivity index (χ4v) is 5.64. The standard InChI is InChI=1S/C22H25FO2S/c23-18-7-5-17(6-8-18)21(15-19(24)14-20-4-3-13-26-20)11-12-25-22(16-21)9-1-2-10-22/h3-8,13H,1-2,9-12,14-16H2. The summed E-state index contributed by atoms with van der Waals surface area (Å²) in [4.78, 5) is 14.0. The largest absolute Gasteiger partial charge is 0.375 e. The van der Waals surface area contributed by atoms with Gasteiger partial charge in [0.2, 0.25) is 0 Å². The molecule has 1 atom stereocenters. The summed E-state index contributed by atoms with van der Waals surface area (Å²) in [6.45, 7) is 0.684. The van der Waals surface area contributed by atoms with Crippen LogP contribution in [0.1, 0.15) is 55.4 Å². The summed E-state index contributed by atoms with van der Waals surface area (Å²) in [5, 5.41) is 2.01. The van der Waals surface area contributed by atoms with Gasteiger partial charge in [0.05, 0.1) is 5.60 Å². The number of Topliss-reactive ketones (excluding diaryl/α,β-unsaturated/α-hetero) is 1. The highest BCUT2D eigenvalue weighted by atomic mass is 32.1. The van der Waals surface area contributed by atoms with Crippen LogP contribution in [0.3, 0.4) is 0 Å². The molecule has 1 aliphatic carbocycles. The Morgan fingerprint density at radius 1 is 1.12 bits per heavy atom. The lowest BCUT2D eigenvalue weighted by Gasteiger charge is -2.47. The van der Waals surface area contributed by atoms with E-state index in [1.807, 2.05) is 29.6 Å². The second-order valence-corrected chi connectivity index (χ2v) is 8.96. The highest BCUT2D eigenvalue weighted by molar-refractivity contribution is 7.10. The number of ketones is 1. The van der Waals surface area contributed by atoms with Crippen LogP contribution in [0.25, 0.3) is 0 Å². The van der Waals surface area contributed by atoms with Crippen LogP contribution < -0.4 is 0 Å². The Morgan fingerprint density at radius 3 is 2.58 bits per heavy atom. The van der Waals surface area contributed by atoms with Crippen molar-refractivity contribution in [3.05, 3.63) is 58.0 Å². The second kappa shape index (κ2) is 7.24. The van der Waals surface area contributed by atoms with Crippen molar-refractivity contribution in [1.82, 2.24) is 0 Å². The summed E-state index contributed by atoms with van der Waals surface area (Å²) in [6, 6.07) is 10.8. The molecule has 138 valence electrons. The molecule has 2 aliphatic rings. The van der Waals surface area contributed by atoms with Crippen LogP contribution in [-0.4, -0.2) is 18.0 Å². The van der Waals surface area contributed by atoms with Gasteiger partial charge in [-0.05, 0) is 54.8 Å². The van der Waals surface area contributed by atoms with E-state index in [1.54, 1.807) is 11.3 Å². The highest BCUT2D eigenvalue weighted by Crippen LogP contribution is 2.50. The lowest BCUT2D eigenvalue weighted by molar-refractivity contribution is -0.127. The van der Waals surface area contributed by atoms with Crippen molar-refractivity contribution in [3.63, 3.8) is 0 Å². The van der Waals surface area contributed by atoms with E-state index >= 15 is 0 Å². The first-order valence-electron chi connectivity index (χ1n) is 9.53. The van der Waals surface area contributed by atoms with Gasteiger partial charge in [0.1, 0.15) is 11.6 Å². The van der Waals surface area contributed by atoms with E-state index in [0.717, 1.165) is 36.1 Å². The minimum Gasteiger partial charge on any atom is -0.375 e. The number of rotatable bonds is 5. The fraction of sp³-hybridized carbons (Fsp3) is 0.500. The molecule has 2 heterocycles. The van der Waals surface area contributed by atoms with E-state index in [0.29, 0.717) is 19.4 Å². The van der Waals surface area contributed by atoms with Crippen molar-refractivity contribution in [2.75, 3.05) is 6.61 Å². The summed E-state index contributed by atoms with van der Waals surface area (Å²) in [6.07, 6.45) is 7.27. The van der Waals surface area contributed by atoms with Crippen LogP contribution >= 0.6 is 11.3 Å². The lowest BCUT2D eigenvalue weighted by atomic mass is 9.65. The van der Waals surface area contributed by atoms with Gasteiger partial charge in [-0.25, -0.2) is 4.39 Å². The maximum Gasteiger partial charge on any atom is 0.138 e. The Labute approximate surface area is 158 Å². The predicted molar refractivity (Wildman–Crippen MR) is 102 cm³/mol. The third kappa shape index (κ3) is 3.63. The molecule has 2 fully saturated rings. The normalized spacial score (nSPS) is 24.8. The van der Waals surface area contributed by atoms with Crippen molar-refractivity contribution < 1.29 is 13.9 Å². The Hall–Kier alpha value is -1.52. The van der Waals surface area contributed by atoms with Gasteiger partial charge < -0.3 is 4.74 Å². The molecule has 1 spiro atoms. The molecule has 2 nitrogen and oxygen atoms in total. The molecule has 1 saturated heterocycles. The maximum absolute atomic E-state index is 13.5. The molecule has 4 rings (SSSR count). The van der Waals surface area contributed by atoms with E-state index in [1.165, 1.54) is 25.0 Å². The summed E-state index contributed by atoms with van der Waals surface area (Å²) < 4.78 is 19.7. The predicted octanol–water partition coefficient (Wildman–Crippen LogP) is 5.45. The number of carbonyl (C=O) groups excluding carboxylic acids is 1. The van der Waals surface area contributed by atoms with Crippen LogP contribution in [0.2, 0.25) is 0 Å². The molecule has 0 radical (unpaired) electrons. The number of carbonyl (C=O) groups is 1. The summed E-state index contributed by atoms with van der Waals surface area (Å²) in [5.74, 6) is 0.0447. The van der Waals surface area contributed by atoms with Gasteiger partial charge in [-0.2, -0.15) is 0 Å². The first-order valence-corrected chi connectivity index (χ1v) is 10.4. The van der Waals surface area contributed by atoms with Crippen molar-refractivity contribution in [3.8, 4) is 0 Å². The zero-order valence-electron chi connectivity index (χ0n) is 15.0. The van der Waals surface area contributed by atoms with Crippen molar-refractivity contribution in [2.45, 2.75) is 62.4 Å². The van der Waals surface area contributed by atoms with Gasteiger partial charge in [0.15, 0.2) is 0 Å². The Morgan fingerprint density at radius 2 is 1.88 bits per heavy atom. The molecule has 1 unspecified atom stereocenters. The molecule has 0 bridgehead atoms. The molecule has 1 aliphatic heterocycles. The van der Waals surface area contributed by atoms with E-state index < -0.39 is 0 Å². The number of hydrogen-bond acceptors (Lipinski definition) is 3. The Balaban J connectivity index is 1.62. The fourth-order valence-electron chi connectivity index (χ4n) is 4.91. The van der Waals surface area contributed by atoms with Crippen molar-refractivity contribution in [1.29, 1.82) is 0 Å². The summed E-state index contributed by atoms with van der Waals surface area (Å²) >= 11 is 1.63. The van der Waals surface area contributed by atoms with Crippen LogP contribution in [-0.2, 0) is 21.4 Å². The van der Waals surface area contributed by atoms with Crippen LogP contribution in [0, 0.1) is 5.82 Å². The third-order valence-electron chi connectivity index (χ3n) is 6.11. The first-order chi connectivity index (χ1) is 12.6. The Bertz CT molecular complexity index is 747. The minimum absolute atomic E-state index is 0.0875. The smallest absolute Gasteiger partial charge is 0.138 e. The van der Waals surface area contributed by atoms with Gasteiger partial charge in [0, 0.05) is 29.7 Å². The summed E-state index contributed by atoms with van der Waals surface area (Å²) in [5.41, 5.74) is 0.772. The number of ether oxygens (including phenoxy) is 1. The lowest BCUT2D eigenvalue weighted by Crippen LogP contribution is -2.47. The van der Waals surface area contributed by atoms with Crippen LogP contribution in [0.5, 0.6) is 0 Å². The van der Waals surface area contributed by atoms with Gasteiger partial charge in [0.25, 0.3) is 0 Å². The minimum atomic E-state index is -0.232. The van der Waals surface area contributed by atoms with E-state index in [-0.39, 0.29) is 22.6 Å². The van der Waals surface area contributed by atoms with Gasteiger partial charge in [-0.15, -0.1) is 11.3 Å². The average molecular weight is 373 g/mol. The van der Waals surface area contributed by atoms with Crippen molar-refractivity contribution in [2.24, 2.45) is 0 Å². The maximum atomic E-state index is 13.5. The zero-order valence-corrected chi connectivity index (χ0v) is 15.8. The number of benzene rings is 1. The molecule has 1 aromatic heterocycles. The van der Waals surface area contributed by atoms with Gasteiger partial charge >= 0.3 is 0 Å². The van der Waals surface area contributed by atoms with E-state index in [9.17, 15) is 9.18 Å². The third-order valence-corrected chi connectivity index (χ3v) is 6.98. The number of hydrogen-bond donors (Lipinski definition) is 0. The molecule has 4 heteroatoms. The van der Waals surface area contributed by atoms with Gasteiger partial charge in [-0.3, -0.25) is 4.79 Å². The van der Waals surface area contributed by atoms with E-state index in [2.05, 4.69) is 0 Å². The molecular weight excluding hydrogens is 347 g/mol. The topological polar surface area (TPSA) is 26.3 Å². The molecule has 1 aromatic carbocycles. The van der Waals surface area contributed by atoms with Gasteiger partial charge in [-0.1, -0.05) is 31.0 Å². The second-order valence-electron chi connectivity index (χ2n) is 7.92. The average Bonchev–Trinajstić information content (AvgIpc) is 3.28. The van der Waals surface area contributed by atoms with E-state index in [4.69, 9.17) is 4.74 Å². The first kappa shape index (κ1) is 17.9. The highest BCUT2D eigenvalue weighted by Gasteiger charge is 2.48. The molecule has 2 aromatic rings. The molecule has 0 N–H and O–H groups in total. The Kier molecular flexibility index (Phi) is 4.98. The molecule has 1 saturated carbocycles. The van der Waals surface area contributed by atoms with Crippen LogP contribution in [0.4, 0.5) is 4.39 Å². The molecule has 0 amide bonds. The SMILES string of the molecule is O=C(Cc1cccs1)CC1(c2ccc(F)cc2)CCOC2(CCCC2)C1. The molecule has 26 heavy (non-hydrogen) atoms. The van der Waals surface area contributed by atoms with Crippen LogP contribution in [0.15, 0.2) is 41.8 Å². The molecular formula is C22H25FO2S. The number of thiophene rings is 1. The quantitative estimate of drug-likeness (QED) is 0.697. The van der Waals surface area contributed by atoms with Crippen molar-refractivity contribution >= 4 is 17.1 Å². The summed E-state index contributed by atoms with van der Waals surface area (Å²) in [7, 11) is 0. The number of halogens is 1.